The lowest BCUT2D eigenvalue weighted by Gasteiger charge is -2.46. The van der Waals surface area contributed by atoms with Gasteiger partial charge in [-0.3, -0.25) is 0 Å². The van der Waals surface area contributed by atoms with E-state index < -0.39 is 0 Å². The summed E-state index contributed by atoms with van der Waals surface area (Å²) in [4.78, 5) is 0. The first-order valence-corrected chi connectivity index (χ1v) is 6.07. The van der Waals surface area contributed by atoms with Crippen molar-refractivity contribution in [2.75, 3.05) is 13.2 Å². The zero-order chi connectivity index (χ0) is 12.3. The Kier molecular flexibility index (Phi) is 3.46. The molecule has 0 aromatic heterocycles. The predicted molar refractivity (Wildman–Crippen MR) is 66.3 cm³/mol. The summed E-state index contributed by atoms with van der Waals surface area (Å²) in [6.45, 7) is 0.647. The average molecular weight is 230 g/mol. The van der Waals surface area contributed by atoms with E-state index in [4.69, 9.17) is 11.0 Å². The van der Waals surface area contributed by atoms with Gasteiger partial charge in [0.1, 0.15) is 0 Å². The van der Waals surface area contributed by atoms with Crippen LogP contribution in [0.4, 0.5) is 0 Å². The summed E-state index contributed by atoms with van der Waals surface area (Å²) in [6, 6.07) is 9.80. The van der Waals surface area contributed by atoms with Gasteiger partial charge < -0.3 is 10.8 Å². The summed E-state index contributed by atoms with van der Waals surface area (Å²) in [5, 5.41) is 18.8. The molecule has 17 heavy (non-hydrogen) atoms. The van der Waals surface area contributed by atoms with E-state index >= 15 is 0 Å². The fourth-order valence-corrected chi connectivity index (χ4v) is 2.86. The van der Waals surface area contributed by atoms with Crippen molar-refractivity contribution in [2.24, 2.45) is 11.1 Å². The van der Waals surface area contributed by atoms with E-state index in [0.717, 1.165) is 24.8 Å². The normalized spacial score (nSPS) is 19.1. The minimum absolute atomic E-state index is 0.0945. The van der Waals surface area contributed by atoms with E-state index in [0.29, 0.717) is 12.1 Å². The summed E-state index contributed by atoms with van der Waals surface area (Å²) < 4.78 is 0. The van der Waals surface area contributed by atoms with Crippen LogP contribution in [0.3, 0.4) is 0 Å². The Hall–Kier alpha value is -1.37. The second-order valence-corrected chi connectivity index (χ2v) is 4.86. The first-order chi connectivity index (χ1) is 8.27. The molecule has 1 aliphatic rings. The van der Waals surface area contributed by atoms with Gasteiger partial charge in [-0.05, 0) is 31.0 Å². The third-order valence-corrected chi connectivity index (χ3v) is 4.10. The van der Waals surface area contributed by atoms with Gasteiger partial charge in [-0.2, -0.15) is 5.26 Å². The molecule has 0 amide bonds. The summed E-state index contributed by atoms with van der Waals surface area (Å²) in [5.74, 6) is 0.0945. The molecule has 0 bridgehead atoms. The van der Waals surface area contributed by atoms with Gasteiger partial charge in [-0.1, -0.05) is 24.6 Å². The van der Waals surface area contributed by atoms with Crippen molar-refractivity contribution in [3.8, 4) is 6.07 Å². The van der Waals surface area contributed by atoms with E-state index in [1.54, 1.807) is 0 Å². The van der Waals surface area contributed by atoms with Crippen LogP contribution in [0.2, 0.25) is 0 Å². The Morgan fingerprint density at radius 2 is 2.12 bits per heavy atom. The minimum atomic E-state index is -0.0955. The van der Waals surface area contributed by atoms with Crippen molar-refractivity contribution >= 4 is 0 Å². The number of hydrogen-bond acceptors (Lipinski definition) is 3. The second-order valence-electron chi connectivity index (χ2n) is 4.86. The van der Waals surface area contributed by atoms with Crippen molar-refractivity contribution in [3.63, 3.8) is 0 Å². The van der Waals surface area contributed by atoms with Crippen LogP contribution in [-0.2, 0) is 0 Å². The molecule has 3 nitrogen and oxygen atoms in total. The molecule has 0 radical (unpaired) electrons. The quantitative estimate of drug-likeness (QED) is 0.828. The Morgan fingerprint density at radius 3 is 2.59 bits per heavy atom. The SMILES string of the molecule is N#Cc1ccccc1[C@@H](CN)C1(CO)CCC1. The molecule has 1 fully saturated rings. The standard InChI is InChI=1S/C14H18N2O/c15-8-11-4-1-2-5-12(11)13(9-16)14(10-17)6-3-7-14/h1-2,4-5,13,17H,3,6-7,9-10,16H2/t13-/m1/s1. The van der Waals surface area contributed by atoms with Crippen molar-refractivity contribution < 1.29 is 5.11 Å². The van der Waals surface area contributed by atoms with Crippen LogP contribution < -0.4 is 5.73 Å². The van der Waals surface area contributed by atoms with Crippen LogP contribution in [0.15, 0.2) is 24.3 Å². The Morgan fingerprint density at radius 1 is 1.41 bits per heavy atom. The Labute approximate surface area is 102 Å². The third-order valence-electron chi connectivity index (χ3n) is 4.10. The van der Waals surface area contributed by atoms with Crippen molar-refractivity contribution in [1.29, 1.82) is 5.26 Å². The Bertz CT molecular complexity index is 427. The van der Waals surface area contributed by atoms with E-state index in [-0.39, 0.29) is 17.9 Å². The molecule has 0 saturated heterocycles. The number of aliphatic hydroxyl groups is 1. The molecule has 1 aromatic carbocycles. The van der Waals surface area contributed by atoms with Crippen LogP contribution >= 0.6 is 0 Å². The number of nitrogens with zero attached hydrogens (tertiary/aromatic N) is 1. The van der Waals surface area contributed by atoms with E-state index in [1.807, 2.05) is 24.3 Å². The van der Waals surface area contributed by atoms with Gasteiger partial charge in [-0.25, -0.2) is 0 Å². The number of rotatable bonds is 4. The number of nitriles is 1. The Balaban J connectivity index is 2.39. The number of aliphatic hydroxyl groups excluding tert-OH is 1. The summed E-state index contributed by atoms with van der Waals surface area (Å²) in [6.07, 6.45) is 3.15. The highest BCUT2D eigenvalue weighted by molar-refractivity contribution is 5.41. The highest BCUT2D eigenvalue weighted by Gasteiger charge is 2.44. The third kappa shape index (κ3) is 1.95. The zero-order valence-electron chi connectivity index (χ0n) is 9.89. The van der Waals surface area contributed by atoms with Crippen LogP contribution in [0.1, 0.15) is 36.3 Å². The molecule has 0 spiro atoms. The molecule has 3 heteroatoms. The van der Waals surface area contributed by atoms with Gasteiger partial charge in [0.25, 0.3) is 0 Å². The first kappa shape index (κ1) is 12.1. The van der Waals surface area contributed by atoms with Crippen molar-refractivity contribution in [1.82, 2.24) is 0 Å². The van der Waals surface area contributed by atoms with Gasteiger partial charge in [0.05, 0.1) is 11.6 Å². The van der Waals surface area contributed by atoms with Gasteiger partial charge in [0, 0.05) is 17.9 Å². The zero-order valence-corrected chi connectivity index (χ0v) is 9.89. The number of benzene rings is 1. The molecule has 0 aliphatic heterocycles. The van der Waals surface area contributed by atoms with Crippen LogP contribution in [0.25, 0.3) is 0 Å². The highest BCUT2D eigenvalue weighted by Crippen LogP contribution is 2.51. The molecule has 1 aromatic rings. The van der Waals surface area contributed by atoms with Gasteiger partial charge >= 0.3 is 0 Å². The lowest BCUT2D eigenvalue weighted by molar-refractivity contribution is 0.0191. The molecule has 2 rings (SSSR count). The molecule has 1 atom stereocenters. The van der Waals surface area contributed by atoms with Gasteiger partial charge in [-0.15, -0.1) is 0 Å². The molecular formula is C14H18N2O. The van der Waals surface area contributed by atoms with Crippen molar-refractivity contribution in [3.05, 3.63) is 35.4 Å². The average Bonchev–Trinajstić information content (AvgIpc) is 2.33. The van der Waals surface area contributed by atoms with Crippen LogP contribution in [0, 0.1) is 16.7 Å². The maximum Gasteiger partial charge on any atom is 0.0994 e. The summed E-state index contributed by atoms with van der Waals surface area (Å²) >= 11 is 0. The van der Waals surface area contributed by atoms with Crippen molar-refractivity contribution in [2.45, 2.75) is 25.2 Å². The number of nitrogens with two attached hydrogens (primary N) is 1. The molecule has 1 saturated carbocycles. The largest absolute Gasteiger partial charge is 0.396 e. The fraction of sp³-hybridized carbons (Fsp3) is 0.500. The number of hydrogen-bond donors (Lipinski definition) is 2. The maximum absolute atomic E-state index is 9.62. The predicted octanol–water partition coefficient (Wildman–Crippen LogP) is 1.76. The molecule has 0 unspecified atom stereocenters. The van der Waals surface area contributed by atoms with E-state index in [2.05, 4.69) is 6.07 Å². The lowest BCUT2D eigenvalue weighted by Crippen LogP contribution is -2.42. The van der Waals surface area contributed by atoms with Gasteiger partial charge in [0.2, 0.25) is 0 Å². The molecule has 90 valence electrons. The summed E-state index contributed by atoms with van der Waals surface area (Å²) in [7, 11) is 0. The molecule has 1 aliphatic carbocycles. The second kappa shape index (κ2) is 4.87. The topological polar surface area (TPSA) is 70.0 Å². The highest BCUT2D eigenvalue weighted by atomic mass is 16.3. The van der Waals surface area contributed by atoms with Crippen LogP contribution in [0.5, 0.6) is 0 Å². The minimum Gasteiger partial charge on any atom is -0.396 e. The first-order valence-electron chi connectivity index (χ1n) is 6.07. The lowest BCUT2D eigenvalue weighted by atomic mass is 9.59. The molecule has 3 N–H and O–H groups in total. The molecule has 0 heterocycles. The van der Waals surface area contributed by atoms with Crippen LogP contribution in [-0.4, -0.2) is 18.3 Å². The van der Waals surface area contributed by atoms with E-state index in [9.17, 15) is 5.11 Å². The fourth-order valence-electron chi connectivity index (χ4n) is 2.86. The molecular weight excluding hydrogens is 212 g/mol. The van der Waals surface area contributed by atoms with Gasteiger partial charge in [0.15, 0.2) is 0 Å². The monoisotopic (exact) mass is 230 g/mol. The maximum atomic E-state index is 9.62. The summed E-state index contributed by atoms with van der Waals surface area (Å²) in [5.41, 5.74) is 7.46. The van der Waals surface area contributed by atoms with E-state index in [1.165, 1.54) is 0 Å². The smallest absolute Gasteiger partial charge is 0.0994 e.